The molecule has 0 radical (unpaired) electrons. The maximum atomic E-state index is 11.0. The number of hydrogen-bond donors (Lipinski definition) is 1. The van der Waals surface area contributed by atoms with Crippen molar-refractivity contribution in [1.29, 1.82) is 0 Å². The Hall–Kier alpha value is -1.36. The van der Waals surface area contributed by atoms with Crippen molar-refractivity contribution in [3.8, 4) is 0 Å². The van der Waals surface area contributed by atoms with Gasteiger partial charge >= 0.3 is 0 Å². The summed E-state index contributed by atoms with van der Waals surface area (Å²) >= 11 is 0. The highest BCUT2D eigenvalue weighted by molar-refractivity contribution is 5.91. The van der Waals surface area contributed by atoms with Crippen molar-refractivity contribution < 1.29 is 13.9 Å². The van der Waals surface area contributed by atoms with E-state index in [1.54, 1.807) is 0 Å². The lowest BCUT2D eigenvalue weighted by Crippen LogP contribution is -2.18. The monoisotopic (exact) mass is 170 g/mol. The van der Waals surface area contributed by atoms with Gasteiger partial charge in [0.25, 0.3) is 5.91 Å². The molecule has 0 saturated carbocycles. The van der Waals surface area contributed by atoms with E-state index >= 15 is 0 Å². The normalized spacial score (nSPS) is 9.83. The fourth-order valence-corrected chi connectivity index (χ4v) is 0.733. The molecule has 5 nitrogen and oxygen atoms in total. The number of carbonyl (C=O) groups is 1. The highest BCUT2D eigenvalue weighted by Crippen LogP contribution is 2.02. The van der Waals surface area contributed by atoms with Crippen LogP contribution in [0.4, 0.5) is 0 Å². The third-order valence-electron chi connectivity index (χ3n) is 1.28. The van der Waals surface area contributed by atoms with Gasteiger partial charge in [0.15, 0.2) is 5.69 Å². The number of ether oxygens (including phenoxy) is 1. The zero-order valence-corrected chi connectivity index (χ0v) is 6.96. The van der Waals surface area contributed by atoms with Gasteiger partial charge in [-0.3, -0.25) is 4.79 Å². The van der Waals surface area contributed by atoms with Gasteiger partial charge in [0.1, 0.15) is 12.9 Å². The van der Waals surface area contributed by atoms with Gasteiger partial charge in [-0.05, 0) is 0 Å². The molecule has 0 atom stereocenters. The first-order valence-electron chi connectivity index (χ1n) is 3.43. The molecular weight excluding hydrogens is 160 g/mol. The topological polar surface area (TPSA) is 64.4 Å². The Morgan fingerprint density at radius 2 is 2.58 bits per heavy atom. The Balaban J connectivity index is 2.70. The zero-order chi connectivity index (χ0) is 8.97. The Labute approximate surface area is 69.7 Å². The molecule has 0 spiro atoms. The van der Waals surface area contributed by atoms with E-state index in [4.69, 9.17) is 9.15 Å². The van der Waals surface area contributed by atoms with Gasteiger partial charge < -0.3 is 14.5 Å². The molecular formula is C7H10N2O3. The molecule has 66 valence electrons. The molecule has 0 bridgehead atoms. The lowest BCUT2D eigenvalue weighted by Gasteiger charge is -1.90. The average molecular weight is 170 g/mol. The smallest absolute Gasteiger partial charge is 0.272 e. The SMILES string of the molecule is CNC(=O)c1coc(COC)n1. The second-order valence-corrected chi connectivity index (χ2v) is 2.14. The van der Waals surface area contributed by atoms with Crippen LogP contribution in [0, 0.1) is 0 Å². The van der Waals surface area contributed by atoms with Gasteiger partial charge in [0, 0.05) is 14.2 Å². The van der Waals surface area contributed by atoms with E-state index < -0.39 is 0 Å². The van der Waals surface area contributed by atoms with Crippen molar-refractivity contribution in [2.75, 3.05) is 14.2 Å². The van der Waals surface area contributed by atoms with Crippen LogP contribution < -0.4 is 5.32 Å². The summed E-state index contributed by atoms with van der Waals surface area (Å²) in [4.78, 5) is 14.8. The average Bonchev–Trinajstić information content (AvgIpc) is 2.52. The maximum absolute atomic E-state index is 11.0. The zero-order valence-electron chi connectivity index (χ0n) is 6.96. The van der Waals surface area contributed by atoms with E-state index in [9.17, 15) is 4.79 Å². The lowest BCUT2D eigenvalue weighted by atomic mass is 10.4. The fourth-order valence-electron chi connectivity index (χ4n) is 0.733. The highest BCUT2D eigenvalue weighted by Gasteiger charge is 2.09. The number of nitrogens with one attached hydrogen (secondary N) is 1. The van der Waals surface area contributed by atoms with Gasteiger partial charge in [-0.2, -0.15) is 0 Å². The Kier molecular flexibility index (Phi) is 2.82. The van der Waals surface area contributed by atoms with E-state index in [0.717, 1.165) is 0 Å². The number of carbonyl (C=O) groups excluding carboxylic acids is 1. The Morgan fingerprint density at radius 1 is 1.83 bits per heavy atom. The summed E-state index contributed by atoms with van der Waals surface area (Å²) in [7, 11) is 3.07. The largest absolute Gasteiger partial charge is 0.446 e. The quantitative estimate of drug-likeness (QED) is 0.702. The third kappa shape index (κ3) is 1.82. The van der Waals surface area contributed by atoms with Gasteiger partial charge in [-0.1, -0.05) is 0 Å². The Morgan fingerprint density at radius 3 is 3.17 bits per heavy atom. The first kappa shape index (κ1) is 8.73. The van der Waals surface area contributed by atoms with Crippen molar-refractivity contribution in [3.05, 3.63) is 17.8 Å². The molecule has 1 aromatic rings. The summed E-state index contributed by atoms with van der Waals surface area (Å²) in [5.41, 5.74) is 0.268. The first-order chi connectivity index (χ1) is 5.77. The lowest BCUT2D eigenvalue weighted by molar-refractivity contribution is 0.0958. The van der Waals surface area contributed by atoms with Gasteiger partial charge in [-0.15, -0.1) is 0 Å². The molecule has 5 heteroatoms. The van der Waals surface area contributed by atoms with Crippen LogP contribution in [0.1, 0.15) is 16.4 Å². The van der Waals surface area contributed by atoms with Gasteiger partial charge in [0.05, 0.1) is 0 Å². The second kappa shape index (κ2) is 3.87. The van der Waals surface area contributed by atoms with E-state index in [2.05, 4.69) is 10.3 Å². The van der Waals surface area contributed by atoms with E-state index in [0.29, 0.717) is 5.89 Å². The third-order valence-corrected chi connectivity index (χ3v) is 1.28. The number of rotatable bonds is 3. The summed E-state index contributed by atoms with van der Waals surface area (Å²) in [5, 5.41) is 2.43. The fraction of sp³-hybridized carbons (Fsp3) is 0.429. The molecule has 0 saturated heterocycles. The van der Waals surface area contributed by atoms with Crippen LogP contribution in [0.3, 0.4) is 0 Å². The van der Waals surface area contributed by atoms with Crippen molar-refractivity contribution in [2.45, 2.75) is 6.61 Å². The van der Waals surface area contributed by atoms with E-state index in [-0.39, 0.29) is 18.2 Å². The number of amides is 1. The first-order valence-corrected chi connectivity index (χ1v) is 3.43. The van der Waals surface area contributed by atoms with Crippen molar-refractivity contribution in [2.24, 2.45) is 0 Å². The summed E-state index contributed by atoms with van der Waals surface area (Å²) in [6.07, 6.45) is 1.30. The number of aromatic nitrogens is 1. The van der Waals surface area contributed by atoms with Gasteiger partial charge in [-0.25, -0.2) is 4.98 Å². The summed E-state index contributed by atoms with van der Waals surface area (Å²) in [5.74, 6) is 0.136. The Bertz CT molecular complexity index is 269. The van der Waals surface area contributed by atoms with Crippen LogP contribution in [0.5, 0.6) is 0 Å². The standard InChI is InChI=1S/C7H10N2O3/c1-8-7(10)5-3-12-6(9-5)4-11-2/h3H,4H2,1-2H3,(H,8,10). The van der Waals surface area contributed by atoms with Crippen LogP contribution in [-0.2, 0) is 11.3 Å². The predicted molar refractivity (Wildman–Crippen MR) is 40.6 cm³/mol. The molecule has 12 heavy (non-hydrogen) atoms. The minimum absolute atomic E-state index is 0.263. The van der Waals surface area contributed by atoms with E-state index in [1.807, 2.05) is 0 Å². The van der Waals surface area contributed by atoms with Crippen LogP contribution in [-0.4, -0.2) is 25.0 Å². The molecule has 1 aromatic heterocycles. The number of hydrogen-bond acceptors (Lipinski definition) is 4. The van der Waals surface area contributed by atoms with Crippen LogP contribution in [0.25, 0.3) is 0 Å². The van der Waals surface area contributed by atoms with E-state index in [1.165, 1.54) is 20.4 Å². The number of methoxy groups -OCH3 is 1. The summed E-state index contributed by atoms with van der Waals surface area (Å²) in [6, 6.07) is 0. The predicted octanol–water partition coefficient (Wildman–Crippen LogP) is 0.181. The van der Waals surface area contributed by atoms with Crippen molar-refractivity contribution >= 4 is 5.91 Å². The molecule has 0 unspecified atom stereocenters. The van der Waals surface area contributed by atoms with Crippen molar-refractivity contribution in [1.82, 2.24) is 10.3 Å². The molecule has 0 aliphatic rings. The molecule has 1 N–H and O–H groups in total. The second-order valence-electron chi connectivity index (χ2n) is 2.14. The number of oxazole rings is 1. The van der Waals surface area contributed by atoms with Crippen LogP contribution in [0.2, 0.25) is 0 Å². The molecule has 1 amide bonds. The summed E-state index contributed by atoms with van der Waals surface area (Å²) in [6.45, 7) is 0.275. The van der Waals surface area contributed by atoms with Gasteiger partial charge in [0.2, 0.25) is 5.89 Å². The molecule has 1 rings (SSSR count). The molecule has 0 aliphatic carbocycles. The molecule has 1 heterocycles. The summed E-state index contributed by atoms with van der Waals surface area (Å²) < 4.78 is 9.70. The molecule has 0 fully saturated rings. The molecule has 0 aromatic carbocycles. The maximum Gasteiger partial charge on any atom is 0.272 e. The molecule has 0 aliphatic heterocycles. The van der Waals surface area contributed by atoms with Crippen LogP contribution in [0.15, 0.2) is 10.7 Å². The minimum atomic E-state index is -0.263. The number of nitrogens with zero attached hydrogens (tertiary/aromatic N) is 1. The highest BCUT2D eigenvalue weighted by atomic mass is 16.5. The van der Waals surface area contributed by atoms with Crippen molar-refractivity contribution in [3.63, 3.8) is 0 Å². The van der Waals surface area contributed by atoms with Crippen LogP contribution >= 0.6 is 0 Å². The minimum Gasteiger partial charge on any atom is -0.446 e.